The summed E-state index contributed by atoms with van der Waals surface area (Å²) in [4.78, 5) is 10.3. The SMILES string of the molecule is O=C(O)CCc1nnc(C2CC2)s1. The van der Waals surface area contributed by atoms with Gasteiger partial charge in [-0.05, 0) is 12.8 Å². The number of aryl methyl sites for hydroxylation is 1. The Balaban J connectivity index is 1.92. The van der Waals surface area contributed by atoms with Crippen molar-refractivity contribution in [2.24, 2.45) is 0 Å². The second kappa shape index (κ2) is 3.41. The fourth-order valence-corrected chi connectivity index (χ4v) is 2.09. The predicted molar refractivity (Wildman–Crippen MR) is 47.8 cm³/mol. The Labute approximate surface area is 79.6 Å². The van der Waals surface area contributed by atoms with Gasteiger partial charge in [-0.1, -0.05) is 0 Å². The van der Waals surface area contributed by atoms with Crippen molar-refractivity contribution in [2.45, 2.75) is 31.6 Å². The van der Waals surface area contributed by atoms with Crippen LogP contribution in [-0.2, 0) is 11.2 Å². The van der Waals surface area contributed by atoms with Crippen molar-refractivity contribution in [1.82, 2.24) is 10.2 Å². The normalized spacial score (nSPS) is 16.0. The van der Waals surface area contributed by atoms with Gasteiger partial charge < -0.3 is 5.11 Å². The molecule has 0 saturated heterocycles. The molecule has 4 nitrogen and oxygen atoms in total. The first-order chi connectivity index (χ1) is 6.25. The zero-order valence-corrected chi connectivity index (χ0v) is 7.88. The van der Waals surface area contributed by atoms with Crippen molar-refractivity contribution in [3.63, 3.8) is 0 Å². The third-order valence-corrected chi connectivity index (χ3v) is 3.11. The lowest BCUT2D eigenvalue weighted by Crippen LogP contribution is -1.96. The largest absolute Gasteiger partial charge is 0.481 e. The minimum Gasteiger partial charge on any atom is -0.481 e. The van der Waals surface area contributed by atoms with Crippen LogP contribution < -0.4 is 0 Å². The predicted octanol–water partition coefficient (Wildman–Crippen LogP) is 1.43. The van der Waals surface area contributed by atoms with E-state index in [4.69, 9.17) is 5.11 Å². The maximum Gasteiger partial charge on any atom is 0.303 e. The second-order valence-corrected chi connectivity index (χ2v) is 4.30. The third-order valence-electron chi connectivity index (χ3n) is 1.96. The zero-order chi connectivity index (χ0) is 9.26. The number of carboxylic acids is 1. The average Bonchev–Trinajstić information content (AvgIpc) is 2.83. The molecule has 1 N–H and O–H groups in total. The van der Waals surface area contributed by atoms with Crippen molar-refractivity contribution < 1.29 is 9.90 Å². The molecule has 1 aromatic rings. The van der Waals surface area contributed by atoms with Crippen LogP contribution in [0.25, 0.3) is 0 Å². The van der Waals surface area contributed by atoms with Gasteiger partial charge in [-0.25, -0.2) is 0 Å². The van der Waals surface area contributed by atoms with Gasteiger partial charge >= 0.3 is 5.97 Å². The Hall–Kier alpha value is -0.970. The number of aliphatic carboxylic acids is 1. The molecule has 0 spiro atoms. The summed E-state index contributed by atoms with van der Waals surface area (Å²) >= 11 is 1.56. The van der Waals surface area contributed by atoms with E-state index < -0.39 is 5.97 Å². The maximum atomic E-state index is 10.3. The highest BCUT2D eigenvalue weighted by molar-refractivity contribution is 7.11. The molecule has 1 aromatic heterocycles. The van der Waals surface area contributed by atoms with Crippen LogP contribution >= 0.6 is 11.3 Å². The van der Waals surface area contributed by atoms with Gasteiger partial charge in [0.1, 0.15) is 10.0 Å². The lowest BCUT2D eigenvalue weighted by Gasteiger charge is -1.88. The summed E-state index contributed by atoms with van der Waals surface area (Å²) in [5.41, 5.74) is 0. The zero-order valence-electron chi connectivity index (χ0n) is 7.06. The van der Waals surface area contributed by atoms with Gasteiger partial charge in [0.05, 0.1) is 6.42 Å². The number of nitrogens with zero attached hydrogens (tertiary/aromatic N) is 2. The molecule has 1 saturated carbocycles. The van der Waals surface area contributed by atoms with E-state index in [0.717, 1.165) is 10.0 Å². The number of hydrogen-bond donors (Lipinski definition) is 1. The quantitative estimate of drug-likeness (QED) is 0.795. The Morgan fingerprint density at radius 2 is 2.31 bits per heavy atom. The maximum absolute atomic E-state index is 10.3. The molecule has 1 aliphatic rings. The molecule has 1 aliphatic carbocycles. The van der Waals surface area contributed by atoms with Crippen LogP contribution in [0.15, 0.2) is 0 Å². The van der Waals surface area contributed by atoms with E-state index in [-0.39, 0.29) is 6.42 Å². The van der Waals surface area contributed by atoms with Crippen LogP contribution in [0.1, 0.15) is 35.2 Å². The number of hydrogen-bond acceptors (Lipinski definition) is 4. The first-order valence-electron chi connectivity index (χ1n) is 4.30. The molecule has 0 bridgehead atoms. The summed E-state index contributed by atoms with van der Waals surface area (Å²) in [7, 11) is 0. The summed E-state index contributed by atoms with van der Waals surface area (Å²) in [6.45, 7) is 0. The van der Waals surface area contributed by atoms with Crippen molar-refractivity contribution >= 4 is 17.3 Å². The number of aromatic nitrogens is 2. The Morgan fingerprint density at radius 1 is 1.54 bits per heavy atom. The van der Waals surface area contributed by atoms with Crippen LogP contribution in [0, 0.1) is 0 Å². The number of carbonyl (C=O) groups is 1. The Bertz CT molecular complexity index is 320. The minimum absolute atomic E-state index is 0.152. The van der Waals surface area contributed by atoms with E-state index in [1.807, 2.05) is 0 Å². The number of rotatable bonds is 4. The van der Waals surface area contributed by atoms with E-state index in [9.17, 15) is 4.79 Å². The van der Waals surface area contributed by atoms with Crippen molar-refractivity contribution in [1.29, 1.82) is 0 Å². The van der Waals surface area contributed by atoms with Gasteiger partial charge in [-0.2, -0.15) is 0 Å². The van der Waals surface area contributed by atoms with Crippen LogP contribution in [0.3, 0.4) is 0 Å². The molecular formula is C8H10N2O2S. The summed E-state index contributed by atoms with van der Waals surface area (Å²) in [6.07, 6.45) is 3.10. The summed E-state index contributed by atoms with van der Waals surface area (Å²) in [6, 6.07) is 0. The fraction of sp³-hybridized carbons (Fsp3) is 0.625. The lowest BCUT2D eigenvalue weighted by atomic mass is 10.3. The van der Waals surface area contributed by atoms with Crippen LogP contribution in [-0.4, -0.2) is 21.3 Å². The highest BCUT2D eigenvalue weighted by atomic mass is 32.1. The molecule has 0 amide bonds. The minimum atomic E-state index is -0.775. The Kier molecular flexibility index (Phi) is 2.26. The molecular weight excluding hydrogens is 188 g/mol. The molecule has 0 atom stereocenters. The van der Waals surface area contributed by atoms with Gasteiger partial charge in [0.2, 0.25) is 0 Å². The molecule has 70 valence electrons. The molecule has 0 unspecified atom stereocenters. The fourth-order valence-electron chi connectivity index (χ4n) is 1.08. The Morgan fingerprint density at radius 3 is 2.92 bits per heavy atom. The van der Waals surface area contributed by atoms with E-state index in [2.05, 4.69) is 10.2 Å². The van der Waals surface area contributed by atoms with Crippen LogP contribution in [0.5, 0.6) is 0 Å². The van der Waals surface area contributed by atoms with E-state index in [0.29, 0.717) is 12.3 Å². The first kappa shape index (κ1) is 8.62. The van der Waals surface area contributed by atoms with E-state index in [1.165, 1.54) is 12.8 Å². The summed E-state index contributed by atoms with van der Waals surface area (Å²) < 4.78 is 0. The molecule has 0 aliphatic heterocycles. The van der Waals surface area contributed by atoms with Gasteiger partial charge in [0.15, 0.2) is 0 Å². The van der Waals surface area contributed by atoms with Crippen molar-refractivity contribution in [3.8, 4) is 0 Å². The van der Waals surface area contributed by atoms with E-state index >= 15 is 0 Å². The van der Waals surface area contributed by atoms with Crippen molar-refractivity contribution in [3.05, 3.63) is 10.0 Å². The molecule has 5 heteroatoms. The monoisotopic (exact) mass is 198 g/mol. The lowest BCUT2D eigenvalue weighted by molar-refractivity contribution is -0.136. The molecule has 2 rings (SSSR count). The topological polar surface area (TPSA) is 63.1 Å². The summed E-state index contributed by atoms with van der Waals surface area (Å²) in [5.74, 6) is -0.153. The third kappa shape index (κ3) is 2.24. The summed E-state index contributed by atoms with van der Waals surface area (Å²) in [5, 5.41) is 18.4. The molecule has 13 heavy (non-hydrogen) atoms. The molecule has 1 fully saturated rings. The molecule has 0 radical (unpaired) electrons. The molecule has 1 heterocycles. The second-order valence-electron chi connectivity index (χ2n) is 3.20. The van der Waals surface area contributed by atoms with Gasteiger partial charge in [-0.15, -0.1) is 21.5 Å². The first-order valence-corrected chi connectivity index (χ1v) is 5.11. The highest BCUT2D eigenvalue weighted by Gasteiger charge is 2.27. The van der Waals surface area contributed by atoms with Crippen LogP contribution in [0.4, 0.5) is 0 Å². The molecule has 0 aromatic carbocycles. The average molecular weight is 198 g/mol. The smallest absolute Gasteiger partial charge is 0.303 e. The van der Waals surface area contributed by atoms with E-state index in [1.54, 1.807) is 11.3 Å². The van der Waals surface area contributed by atoms with Gasteiger partial charge in [-0.3, -0.25) is 4.79 Å². The van der Waals surface area contributed by atoms with Crippen LogP contribution in [0.2, 0.25) is 0 Å². The number of carboxylic acid groups (broad SMARTS) is 1. The van der Waals surface area contributed by atoms with Gasteiger partial charge in [0.25, 0.3) is 0 Å². The standard InChI is InChI=1S/C8H10N2O2S/c11-7(12)4-3-6-9-10-8(13-6)5-1-2-5/h5H,1-4H2,(H,11,12). The van der Waals surface area contributed by atoms with Gasteiger partial charge in [0, 0.05) is 12.3 Å². The van der Waals surface area contributed by atoms with Crippen molar-refractivity contribution in [2.75, 3.05) is 0 Å². The highest BCUT2D eigenvalue weighted by Crippen LogP contribution is 2.41.